The van der Waals surface area contributed by atoms with Crippen molar-refractivity contribution in [1.82, 2.24) is 20.1 Å². The smallest absolute Gasteiger partial charge is 0.260 e. The summed E-state index contributed by atoms with van der Waals surface area (Å²) in [5.41, 5.74) is 6.84. The second kappa shape index (κ2) is 5.16. The predicted molar refractivity (Wildman–Crippen MR) is 71.7 cm³/mol. The zero-order chi connectivity index (χ0) is 14.8. The van der Waals surface area contributed by atoms with E-state index < -0.39 is 5.82 Å². The van der Waals surface area contributed by atoms with Crippen LogP contribution < -0.4 is 10.5 Å². The summed E-state index contributed by atoms with van der Waals surface area (Å²) in [4.78, 5) is 12.1. The number of halogens is 1. The topological polar surface area (TPSA) is 100.0 Å². The van der Waals surface area contributed by atoms with Crippen LogP contribution in [0.15, 0.2) is 35.1 Å². The molecule has 0 saturated carbocycles. The van der Waals surface area contributed by atoms with Crippen LogP contribution in [0.4, 0.5) is 10.1 Å². The molecule has 0 bridgehead atoms. The molecule has 106 valence electrons. The maximum Gasteiger partial charge on any atom is 0.260 e. The summed E-state index contributed by atoms with van der Waals surface area (Å²) in [6.45, 7) is 0. The summed E-state index contributed by atoms with van der Waals surface area (Å²) in [7, 11) is 1.49. The molecule has 21 heavy (non-hydrogen) atoms. The zero-order valence-electron chi connectivity index (χ0n) is 10.9. The van der Waals surface area contributed by atoms with Crippen LogP contribution >= 0.6 is 0 Å². The highest BCUT2D eigenvalue weighted by Gasteiger charge is 2.15. The molecule has 3 rings (SSSR count). The number of rotatable bonds is 3. The normalized spacial score (nSPS) is 10.6. The number of methoxy groups -OCH3 is 1. The van der Waals surface area contributed by atoms with E-state index in [-0.39, 0.29) is 17.4 Å². The number of hydrogen-bond acceptors (Lipinski definition) is 7. The molecule has 7 nitrogen and oxygen atoms in total. The molecule has 0 amide bonds. The predicted octanol–water partition coefficient (Wildman–Crippen LogP) is 1.92. The monoisotopic (exact) mass is 287 g/mol. The molecule has 1 aromatic carbocycles. The van der Waals surface area contributed by atoms with Crippen molar-refractivity contribution in [3.8, 4) is 28.9 Å². The molecule has 2 heterocycles. The van der Waals surface area contributed by atoms with Gasteiger partial charge in [-0.1, -0.05) is 5.16 Å². The van der Waals surface area contributed by atoms with Crippen LogP contribution in [0.25, 0.3) is 23.0 Å². The summed E-state index contributed by atoms with van der Waals surface area (Å²) >= 11 is 0. The van der Waals surface area contributed by atoms with Crippen LogP contribution in [0.3, 0.4) is 0 Å². The molecule has 0 saturated heterocycles. The standard InChI is InChI=1S/C13H10FN5O2/c1-20-11-5-10(16-6-17-11)12-18-13(21-19-12)8-3-2-7(14)4-9(8)15/h2-6H,15H2,1H3. The van der Waals surface area contributed by atoms with Crippen LogP contribution in [-0.4, -0.2) is 27.2 Å². The minimum absolute atomic E-state index is 0.181. The lowest BCUT2D eigenvalue weighted by Crippen LogP contribution is -1.93. The molecular weight excluding hydrogens is 277 g/mol. The van der Waals surface area contributed by atoms with Gasteiger partial charge >= 0.3 is 0 Å². The first-order valence-electron chi connectivity index (χ1n) is 5.93. The van der Waals surface area contributed by atoms with Gasteiger partial charge in [0.05, 0.1) is 12.7 Å². The molecule has 0 spiro atoms. The van der Waals surface area contributed by atoms with Gasteiger partial charge in [0.15, 0.2) is 0 Å². The molecule has 0 radical (unpaired) electrons. The van der Waals surface area contributed by atoms with Gasteiger partial charge in [-0.05, 0) is 18.2 Å². The number of benzene rings is 1. The van der Waals surface area contributed by atoms with E-state index in [1.165, 1.54) is 31.6 Å². The van der Waals surface area contributed by atoms with Crippen molar-refractivity contribution < 1.29 is 13.7 Å². The second-order valence-electron chi connectivity index (χ2n) is 4.10. The Labute approximate surface area is 118 Å². The van der Waals surface area contributed by atoms with Gasteiger partial charge in [0.2, 0.25) is 11.7 Å². The molecule has 0 aliphatic heterocycles. The SMILES string of the molecule is COc1cc(-c2noc(-c3ccc(F)cc3N)n2)ncn1. The van der Waals surface area contributed by atoms with Crippen molar-refractivity contribution in [1.29, 1.82) is 0 Å². The van der Waals surface area contributed by atoms with Gasteiger partial charge in [-0.2, -0.15) is 4.98 Å². The van der Waals surface area contributed by atoms with E-state index >= 15 is 0 Å². The van der Waals surface area contributed by atoms with Crippen LogP contribution in [0.1, 0.15) is 0 Å². The first-order valence-corrected chi connectivity index (χ1v) is 5.93. The van der Waals surface area contributed by atoms with E-state index in [0.717, 1.165) is 0 Å². The maximum atomic E-state index is 13.0. The lowest BCUT2D eigenvalue weighted by Gasteiger charge is -1.99. The van der Waals surface area contributed by atoms with Crippen molar-refractivity contribution in [3.05, 3.63) is 36.4 Å². The van der Waals surface area contributed by atoms with Gasteiger partial charge in [0.25, 0.3) is 5.89 Å². The summed E-state index contributed by atoms with van der Waals surface area (Å²) in [6.07, 6.45) is 1.33. The van der Waals surface area contributed by atoms with E-state index in [0.29, 0.717) is 17.1 Å². The summed E-state index contributed by atoms with van der Waals surface area (Å²) in [6, 6.07) is 5.50. The van der Waals surface area contributed by atoms with Crippen molar-refractivity contribution in [2.45, 2.75) is 0 Å². The molecule has 8 heteroatoms. The third-order valence-electron chi connectivity index (χ3n) is 2.75. The molecule has 0 atom stereocenters. The third kappa shape index (κ3) is 2.50. The van der Waals surface area contributed by atoms with Gasteiger partial charge in [-0.3, -0.25) is 0 Å². The Morgan fingerprint density at radius 1 is 1.24 bits per heavy atom. The Morgan fingerprint density at radius 2 is 2.10 bits per heavy atom. The Kier molecular flexibility index (Phi) is 3.19. The van der Waals surface area contributed by atoms with Crippen LogP contribution in [0.5, 0.6) is 5.88 Å². The first-order chi connectivity index (χ1) is 10.2. The van der Waals surface area contributed by atoms with Crippen molar-refractivity contribution in [2.24, 2.45) is 0 Å². The van der Waals surface area contributed by atoms with E-state index in [1.54, 1.807) is 6.07 Å². The Balaban J connectivity index is 1.99. The number of nitrogens with zero attached hydrogens (tertiary/aromatic N) is 4. The Bertz CT molecular complexity index is 790. The maximum absolute atomic E-state index is 13.0. The van der Waals surface area contributed by atoms with Crippen LogP contribution in [0.2, 0.25) is 0 Å². The van der Waals surface area contributed by atoms with Gasteiger partial charge in [-0.25, -0.2) is 14.4 Å². The quantitative estimate of drug-likeness (QED) is 0.734. The second-order valence-corrected chi connectivity index (χ2v) is 4.10. The largest absolute Gasteiger partial charge is 0.481 e. The number of hydrogen-bond donors (Lipinski definition) is 1. The van der Waals surface area contributed by atoms with Gasteiger partial charge in [0.1, 0.15) is 17.8 Å². The van der Waals surface area contributed by atoms with Crippen LogP contribution in [0, 0.1) is 5.82 Å². The highest BCUT2D eigenvalue weighted by atomic mass is 19.1. The van der Waals surface area contributed by atoms with Crippen molar-refractivity contribution >= 4 is 5.69 Å². The summed E-state index contributed by atoms with van der Waals surface area (Å²) < 4.78 is 23.2. The number of anilines is 1. The molecule has 2 aromatic heterocycles. The Morgan fingerprint density at radius 3 is 2.86 bits per heavy atom. The average molecular weight is 287 g/mol. The molecule has 2 N–H and O–H groups in total. The lowest BCUT2D eigenvalue weighted by atomic mass is 10.2. The molecule has 0 aliphatic rings. The summed E-state index contributed by atoms with van der Waals surface area (Å²) in [5, 5.41) is 3.82. The van der Waals surface area contributed by atoms with Crippen molar-refractivity contribution in [3.63, 3.8) is 0 Å². The highest BCUT2D eigenvalue weighted by Crippen LogP contribution is 2.27. The third-order valence-corrected chi connectivity index (χ3v) is 2.75. The lowest BCUT2D eigenvalue weighted by molar-refractivity contribution is 0.397. The molecule has 0 aliphatic carbocycles. The summed E-state index contributed by atoms with van der Waals surface area (Å²) in [5.74, 6) is 0.388. The molecule has 0 fully saturated rings. The zero-order valence-corrected chi connectivity index (χ0v) is 10.9. The van der Waals surface area contributed by atoms with E-state index in [9.17, 15) is 4.39 Å². The number of aromatic nitrogens is 4. The fourth-order valence-corrected chi connectivity index (χ4v) is 1.74. The minimum atomic E-state index is -0.434. The number of nitrogen functional groups attached to an aromatic ring is 1. The molecular formula is C13H10FN5O2. The van der Waals surface area contributed by atoms with Crippen molar-refractivity contribution in [2.75, 3.05) is 12.8 Å². The Hall–Kier alpha value is -3.03. The fraction of sp³-hybridized carbons (Fsp3) is 0.0769. The highest BCUT2D eigenvalue weighted by molar-refractivity contribution is 5.71. The van der Waals surface area contributed by atoms with Crippen LogP contribution in [-0.2, 0) is 0 Å². The van der Waals surface area contributed by atoms with E-state index in [1.807, 2.05) is 0 Å². The number of nitrogens with two attached hydrogens (primary N) is 1. The molecule has 0 unspecified atom stereocenters. The fourth-order valence-electron chi connectivity index (χ4n) is 1.74. The number of ether oxygens (including phenoxy) is 1. The van der Waals surface area contributed by atoms with Gasteiger partial charge < -0.3 is 15.0 Å². The van der Waals surface area contributed by atoms with E-state index in [4.69, 9.17) is 15.0 Å². The van der Waals surface area contributed by atoms with E-state index in [2.05, 4.69) is 20.1 Å². The van der Waals surface area contributed by atoms with Gasteiger partial charge in [-0.15, -0.1) is 0 Å². The minimum Gasteiger partial charge on any atom is -0.481 e. The average Bonchev–Trinajstić information content (AvgIpc) is 2.97. The molecule has 3 aromatic rings. The van der Waals surface area contributed by atoms with Gasteiger partial charge in [0, 0.05) is 11.8 Å². The first kappa shape index (κ1) is 13.0.